The Labute approximate surface area is 162 Å². The molecule has 0 unspecified atom stereocenters. The SMILES string of the molecule is O=C(Nc1ccc(-c2nc3ccccc3o2)cc1)c1ccc(F)cc1I. The summed E-state index contributed by atoms with van der Waals surface area (Å²) >= 11 is 1.94. The number of anilines is 1. The van der Waals surface area contributed by atoms with Gasteiger partial charge in [-0.2, -0.15) is 0 Å². The number of carbonyl (C=O) groups excluding carboxylic acids is 1. The first kappa shape index (κ1) is 16.7. The highest BCUT2D eigenvalue weighted by Gasteiger charge is 2.12. The predicted octanol–water partition coefficient (Wildman–Crippen LogP) is 5.49. The highest BCUT2D eigenvalue weighted by Crippen LogP contribution is 2.25. The van der Waals surface area contributed by atoms with Gasteiger partial charge in [-0.1, -0.05) is 12.1 Å². The highest BCUT2D eigenvalue weighted by atomic mass is 127. The Balaban J connectivity index is 1.55. The average Bonchev–Trinajstić information content (AvgIpc) is 3.06. The minimum absolute atomic E-state index is 0.288. The number of fused-ring (bicyclic) bond motifs is 1. The first-order valence-electron chi connectivity index (χ1n) is 7.82. The molecule has 26 heavy (non-hydrogen) atoms. The second kappa shape index (κ2) is 6.87. The summed E-state index contributed by atoms with van der Waals surface area (Å²) in [7, 11) is 0. The van der Waals surface area contributed by atoms with Crippen LogP contribution in [0, 0.1) is 9.39 Å². The summed E-state index contributed by atoms with van der Waals surface area (Å²) in [6.45, 7) is 0. The van der Waals surface area contributed by atoms with Crippen LogP contribution in [0.3, 0.4) is 0 Å². The van der Waals surface area contributed by atoms with Gasteiger partial charge in [-0.25, -0.2) is 9.37 Å². The minimum Gasteiger partial charge on any atom is -0.436 e. The molecule has 1 N–H and O–H groups in total. The van der Waals surface area contributed by atoms with Crippen molar-refractivity contribution >= 4 is 45.3 Å². The van der Waals surface area contributed by atoms with Crippen LogP contribution in [0.5, 0.6) is 0 Å². The maximum absolute atomic E-state index is 13.2. The summed E-state index contributed by atoms with van der Waals surface area (Å²) in [4.78, 5) is 16.8. The Bertz CT molecular complexity index is 1070. The van der Waals surface area contributed by atoms with E-state index < -0.39 is 0 Å². The van der Waals surface area contributed by atoms with Gasteiger partial charge in [0.15, 0.2) is 5.58 Å². The van der Waals surface area contributed by atoms with Crippen LogP contribution >= 0.6 is 22.6 Å². The number of nitrogens with one attached hydrogen (secondary N) is 1. The number of benzene rings is 3. The molecule has 1 heterocycles. The predicted molar refractivity (Wildman–Crippen MR) is 107 cm³/mol. The molecule has 3 aromatic carbocycles. The number of aromatic nitrogens is 1. The molecule has 0 atom stereocenters. The lowest BCUT2D eigenvalue weighted by atomic mass is 10.2. The van der Waals surface area contributed by atoms with Gasteiger partial charge in [0.05, 0.1) is 5.56 Å². The zero-order chi connectivity index (χ0) is 18.1. The molecule has 0 saturated heterocycles. The lowest BCUT2D eigenvalue weighted by Crippen LogP contribution is -2.13. The first-order valence-corrected chi connectivity index (χ1v) is 8.90. The van der Waals surface area contributed by atoms with Gasteiger partial charge in [0.1, 0.15) is 11.3 Å². The zero-order valence-electron chi connectivity index (χ0n) is 13.4. The van der Waals surface area contributed by atoms with Gasteiger partial charge in [0.2, 0.25) is 5.89 Å². The molecule has 4 aromatic rings. The summed E-state index contributed by atoms with van der Waals surface area (Å²) in [5.74, 6) is -0.130. The number of hydrogen-bond acceptors (Lipinski definition) is 3. The standard InChI is InChI=1S/C20H12FIN2O2/c21-13-7-10-15(16(22)11-13)19(25)23-14-8-5-12(6-9-14)20-24-17-3-1-2-4-18(17)26-20/h1-11H,(H,23,25). The third-order valence-electron chi connectivity index (χ3n) is 3.86. The molecule has 0 radical (unpaired) electrons. The molecule has 0 bridgehead atoms. The molecule has 0 aliphatic rings. The van der Waals surface area contributed by atoms with Crippen LogP contribution in [0.4, 0.5) is 10.1 Å². The number of nitrogens with zero attached hydrogens (tertiary/aromatic N) is 1. The van der Waals surface area contributed by atoms with E-state index in [1.807, 2.05) is 59.0 Å². The number of carbonyl (C=O) groups is 1. The second-order valence-corrected chi connectivity index (χ2v) is 6.80. The molecular formula is C20H12FIN2O2. The van der Waals surface area contributed by atoms with E-state index in [0.29, 0.717) is 20.7 Å². The van der Waals surface area contributed by atoms with Gasteiger partial charge in [-0.3, -0.25) is 4.79 Å². The fourth-order valence-corrected chi connectivity index (χ4v) is 3.29. The van der Waals surface area contributed by atoms with Crippen LogP contribution in [-0.4, -0.2) is 10.9 Å². The number of halogens is 2. The van der Waals surface area contributed by atoms with Crippen molar-refractivity contribution in [3.05, 3.63) is 81.7 Å². The van der Waals surface area contributed by atoms with Crippen LogP contribution < -0.4 is 5.32 Å². The number of rotatable bonds is 3. The fraction of sp³-hybridized carbons (Fsp3) is 0. The minimum atomic E-state index is -0.367. The molecule has 4 rings (SSSR count). The van der Waals surface area contributed by atoms with Crippen LogP contribution in [-0.2, 0) is 0 Å². The largest absolute Gasteiger partial charge is 0.436 e. The maximum atomic E-state index is 13.2. The van der Waals surface area contributed by atoms with E-state index in [0.717, 1.165) is 16.7 Å². The number of hydrogen-bond donors (Lipinski definition) is 1. The van der Waals surface area contributed by atoms with E-state index >= 15 is 0 Å². The van der Waals surface area contributed by atoms with E-state index in [1.165, 1.54) is 18.2 Å². The smallest absolute Gasteiger partial charge is 0.256 e. The molecule has 128 valence electrons. The molecule has 6 heteroatoms. The quantitative estimate of drug-likeness (QED) is 0.413. The second-order valence-electron chi connectivity index (χ2n) is 5.64. The van der Waals surface area contributed by atoms with Crippen molar-refractivity contribution in [3.63, 3.8) is 0 Å². The van der Waals surface area contributed by atoms with E-state index in [2.05, 4.69) is 10.3 Å². The van der Waals surface area contributed by atoms with Gasteiger partial charge in [-0.05, 0) is 77.2 Å². The monoisotopic (exact) mass is 458 g/mol. The molecule has 0 aliphatic heterocycles. The summed E-state index contributed by atoms with van der Waals surface area (Å²) in [5.41, 5.74) is 3.40. The summed E-state index contributed by atoms with van der Waals surface area (Å²) in [6, 6.07) is 18.8. The number of para-hydroxylation sites is 2. The zero-order valence-corrected chi connectivity index (χ0v) is 15.5. The molecule has 0 aliphatic carbocycles. The van der Waals surface area contributed by atoms with Crippen LogP contribution in [0.15, 0.2) is 71.1 Å². The lowest BCUT2D eigenvalue weighted by molar-refractivity contribution is 0.102. The van der Waals surface area contributed by atoms with Gasteiger partial charge in [0.25, 0.3) is 5.91 Å². The molecule has 1 amide bonds. The van der Waals surface area contributed by atoms with E-state index in [4.69, 9.17) is 4.42 Å². The number of oxazole rings is 1. The molecule has 0 saturated carbocycles. The summed E-state index contributed by atoms with van der Waals surface area (Å²) < 4.78 is 19.5. The van der Waals surface area contributed by atoms with E-state index in [9.17, 15) is 9.18 Å². The number of amides is 1. The highest BCUT2D eigenvalue weighted by molar-refractivity contribution is 14.1. The lowest BCUT2D eigenvalue weighted by Gasteiger charge is -2.07. The van der Waals surface area contributed by atoms with Gasteiger partial charge < -0.3 is 9.73 Å². The molecular weight excluding hydrogens is 446 g/mol. The summed E-state index contributed by atoms with van der Waals surface area (Å²) in [6.07, 6.45) is 0. The van der Waals surface area contributed by atoms with Crippen molar-refractivity contribution in [1.82, 2.24) is 4.98 Å². The summed E-state index contributed by atoms with van der Waals surface area (Å²) in [5, 5.41) is 2.81. The van der Waals surface area contributed by atoms with E-state index in [1.54, 1.807) is 12.1 Å². The van der Waals surface area contributed by atoms with Gasteiger partial charge in [-0.15, -0.1) is 0 Å². The molecule has 4 nitrogen and oxygen atoms in total. The van der Waals surface area contributed by atoms with Crippen molar-refractivity contribution in [1.29, 1.82) is 0 Å². The van der Waals surface area contributed by atoms with Crippen molar-refractivity contribution in [3.8, 4) is 11.5 Å². The topological polar surface area (TPSA) is 55.1 Å². The van der Waals surface area contributed by atoms with Gasteiger partial charge >= 0.3 is 0 Å². The van der Waals surface area contributed by atoms with Gasteiger partial charge in [0, 0.05) is 14.8 Å². The molecule has 0 fully saturated rings. The maximum Gasteiger partial charge on any atom is 0.256 e. The average molecular weight is 458 g/mol. The third-order valence-corrected chi connectivity index (χ3v) is 4.75. The van der Waals surface area contributed by atoms with Crippen LogP contribution in [0.2, 0.25) is 0 Å². The fourth-order valence-electron chi connectivity index (χ4n) is 2.56. The van der Waals surface area contributed by atoms with Crippen molar-refractivity contribution in [2.75, 3.05) is 5.32 Å². The van der Waals surface area contributed by atoms with E-state index in [-0.39, 0.29) is 11.7 Å². The van der Waals surface area contributed by atoms with Crippen LogP contribution in [0.1, 0.15) is 10.4 Å². The van der Waals surface area contributed by atoms with Crippen molar-refractivity contribution in [2.45, 2.75) is 0 Å². The Hall–Kier alpha value is -2.74. The Kier molecular flexibility index (Phi) is 4.42. The molecule has 1 aromatic heterocycles. The van der Waals surface area contributed by atoms with Crippen LogP contribution in [0.25, 0.3) is 22.6 Å². The van der Waals surface area contributed by atoms with Crippen molar-refractivity contribution in [2.24, 2.45) is 0 Å². The van der Waals surface area contributed by atoms with Crippen molar-refractivity contribution < 1.29 is 13.6 Å². The molecule has 0 spiro atoms. The third kappa shape index (κ3) is 3.32. The first-order chi connectivity index (χ1) is 12.6. The Morgan fingerprint density at radius 3 is 2.54 bits per heavy atom. The Morgan fingerprint density at radius 2 is 1.81 bits per heavy atom. The normalized spacial score (nSPS) is 10.8. The Morgan fingerprint density at radius 1 is 1.04 bits per heavy atom.